The first-order chi connectivity index (χ1) is 15.8. The molecule has 0 spiro atoms. The van der Waals surface area contributed by atoms with E-state index in [2.05, 4.69) is 4.72 Å². The number of anilines is 1. The number of benzene rings is 2. The molecule has 0 aliphatic carbocycles. The van der Waals surface area contributed by atoms with Crippen molar-refractivity contribution in [3.05, 3.63) is 53.6 Å². The molecular formula is C23H29N3O5S2. The summed E-state index contributed by atoms with van der Waals surface area (Å²) in [4.78, 5) is 29.9. The number of sulfonamides is 1. The third kappa shape index (κ3) is 5.69. The van der Waals surface area contributed by atoms with Crippen molar-refractivity contribution in [2.24, 2.45) is 0 Å². The molecule has 3 rings (SSSR count). The molecule has 0 unspecified atom stereocenters. The lowest BCUT2D eigenvalue weighted by atomic mass is 10.1. The number of carbonyl (C=O) groups is 2. The van der Waals surface area contributed by atoms with E-state index in [9.17, 15) is 18.0 Å². The van der Waals surface area contributed by atoms with Crippen LogP contribution in [-0.4, -0.2) is 75.7 Å². The first-order valence-corrected chi connectivity index (χ1v) is 13.5. The van der Waals surface area contributed by atoms with Crippen LogP contribution in [0.5, 0.6) is 0 Å². The topological polar surface area (TPSA) is 96.0 Å². The Morgan fingerprint density at radius 3 is 2.36 bits per heavy atom. The van der Waals surface area contributed by atoms with E-state index >= 15 is 0 Å². The third-order valence-corrected chi connectivity index (χ3v) is 7.62. The van der Waals surface area contributed by atoms with Gasteiger partial charge < -0.3 is 14.5 Å². The Bertz CT molecular complexity index is 1110. The molecule has 8 nitrogen and oxygen atoms in total. The van der Waals surface area contributed by atoms with Gasteiger partial charge in [0, 0.05) is 31.1 Å². The SMILES string of the molecule is CCN(CC)C(=O)c1ccccc1NS(=O)(=O)c1ccc(SC)c(C(=O)N2CCOCC2)c1. The van der Waals surface area contributed by atoms with Crippen LogP contribution in [-0.2, 0) is 14.8 Å². The van der Waals surface area contributed by atoms with Crippen LogP contribution < -0.4 is 4.72 Å². The zero-order chi connectivity index (χ0) is 24.0. The zero-order valence-electron chi connectivity index (χ0n) is 19.0. The van der Waals surface area contributed by atoms with Gasteiger partial charge in [0.2, 0.25) is 0 Å². The van der Waals surface area contributed by atoms with Crippen LogP contribution in [0.2, 0.25) is 0 Å². The van der Waals surface area contributed by atoms with Crippen LogP contribution in [0.1, 0.15) is 34.6 Å². The monoisotopic (exact) mass is 491 g/mol. The van der Waals surface area contributed by atoms with Gasteiger partial charge in [-0.05, 0) is 50.4 Å². The highest BCUT2D eigenvalue weighted by atomic mass is 32.2. The molecule has 1 heterocycles. The normalized spacial score (nSPS) is 14.1. The zero-order valence-corrected chi connectivity index (χ0v) is 20.7. The molecule has 0 saturated carbocycles. The van der Waals surface area contributed by atoms with Crippen molar-refractivity contribution in [3.8, 4) is 0 Å². The molecule has 0 atom stereocenters. The van der Waals surface area contributed by atoms with Crippen LogP contribution in [0.25, 0.3) is 0 Å². The molecule has 2 amide bonds. The van der Waals surface area contributed by atoms with Crippen LogP contribution in [0, 0.1) is 0 Å². The maximum Gasteiger partial charge on any atom is 0.261 e. The van der Waals surface area contributed by atoms with Gasteiger partial charge in [0.15, 0.2) is 0 Å². The molecule has 1 fully saturated rings. The van der Waals surface area contributed by atoms with E-state index in [1.54, 1.807) is 40.1 Å². The van der Waals surface area contributed by atoms with E-state index in [0.29, 0.717) is 49.9 Å². The minimum Gasteiger partial charge on any atom is -0.378 e. The summed E-state index contributed by atoms with van der Waals surface area (Å²) < 4.78 is 34.4. The van der Waals surface area contributed by atoms with Crippen LogP contribution >= 0.6 is 11.8 Å². The van der Waals surface area contributed by atoms with Gasteiger partial charge in [-0.15, -0.1) is 11.8 Å². The fraction of sp³-hybridized carbons (Fsp3) is 0.391. The van der Waals surface area contributed by atoms with Crippen molar-refractivity contribution in [2.45, 2.75) is 23.6 Å². The number of rotatable bonds is 8. The number of nitrogens with zero attached hydrogens (tertiary/aromatic N) is 2. The van der Waals surface area contributed by atoms with Crippen LogP contribution in [0.4, 0.5) is 5.69 Å². The molecule has 33 heavy (non-hydrogen) atoms. The van der Waals surface area contributed by atoms with Crippen LogP contribution in [0.3, 0.4) is 0 Å². The Hall–Kier alpha value is -2.56. The van der Waals surface area contributed by atoms with Crippen molar-refractivity contribution >= 4 is 39.3 Å². The number of hydrogen-bond acceptors (Lipinski definition) is 6. The highest BCUT2D eigenvalue weighted by molar-refractivity contribution is 7.98. The number of nitrogens with one attached hydrogen (secondary N) is 1. The number of carbonyl (C=O) groups excluding carboxylic acids is 2. The Balaban J connectivity index is 1.94. The number of amides is 2. The van der Waals surface area contributed by atoms with Gasteiger partial charge in [0.1, 0.15) is 0 Å². The van der Waals surface area contributed by atoms with Crippen molar-refractivity contribution < 1.29 is 22.7 Å². The van der Waals surface area contributed by atoms with Crippen molar-refractivity contribution in [3.63, 3.8) is 0 Å². The summed E-state index contributed by atoms with van der Waals surface area (Å²) in [5.74, 6) is -0.476. The molecule has 1 aliphatic rings. The second-order valence-corrected chi connectivity index (χ2v) is 9.93. The molecular weight excluding hydrogens is 462 g/mol. The predicted octanol–water partition coefficient (Wildman–Crippen LogP) is 3.16. The van der Waals surface area contributed by atoms with Gasteiger partial charge in [0.05, 0.1) is 34.9 Å². The van der Waals surface area contributed by atoms with E-state index in [1.807, 2.05) is 20.1 Å². The Labute approximate surface area is 199 Å². The Morgan fingerprint density at radius 1 is 1.06 bits per heavy atom. The molecule has 178 valence electrons. The second-order valence-electron chi connectivity index (χ2n) is 7.40. The van der Waals surface area contributed by atoms with Crippen LogP contribution in [0.15, 0.2) is 52.3 Å². The molecule has 0 radical (unpaired) electrons. The van der Waals surface area contributed by atoms with Crippen molar-refractivity contribution in [2.75, 3.05) is 50.4 Å². The minimum absolute atomic E-state index is 0.0398. The largest absolute Gasteiger partial charge is 0.378 e. The quantitative estimate of drug-likeness (QED) is 0.570. The first kappa shape index (κ1) is 25.1. The average Bonchev–Trinajstić information content (AvgIpc) is 2.84. The lowest BCUT2D eigenvalue weighted by Gasteiger charge is -2.27. The maximum absolute atomic E-state index is 13.2. The van der Waals surface area contributed by atoms with E-state index in [4.69, 9.17) is 4.74 Å². The number of para-hydroxylation sites is 1. The highest BCUT2D eigenvalue weighted by Gasteiger charge is 2.25. The van der Waals surface area contributed by atoms with Crippen molar-refractivity contribution in [1.29, 1.82) is 0 Å². The van der Waals surface area contributed by atoms with E-state index in [0.717, 1.165) is 0 Å². The van der Waals surface area contributed by atoms with Gasteiger partial charge >= 0.3 is 0 Å². The predicted molar refractivity (Wildman–Crippen MR) is 129 cm³/mol. The smallest absolute Gasteiger partial charge is 0.261 e. The maximum atomic E-state index is 13.2. The van der Waals surface area contributed by atoms with Crippen molar-refractivity contribution in [1.82, 2.24) is 9.80 Å². The molecule has 0 bridgehead atoms. The summed E-state index contributed by atoms with van der Waals surface area (Å²) in [5.41, 5.74) is 0.805. The molecule has 2 aromatic carbocycles. The minimum atomic E-state index is -4.05. The van der Waals surface area contributed by atoms with Gasteiger partial charge in [0.25, 0.3) is 21.8 Å². The van der Waals surface area contributed by atoms with E-state index in [1.165, 1.54) is 23.9 Å². The highest BCUT2D eigenvalue weighted by Crippen LogP contribution is 2.27. The molecule has 2 aromatic rings. The fourth-order valence-corrected chi connectivity index (χ4v) is 5.28. The molecule has 0 aromatic heterocycles. The van der Waals surface area contributed by atoms with Gasteiger partial charge in [-0.25, -0.2) is 8.42 Å². The fourth-order valence-electron chi connectivity index (χ4n) is 3.60. The Morgan fingerprint density at radius 2 is 1.73 bits per heavy atom. The van der Waals surface area contributed by atoms with Gasteiger partial charge in [-0.1, -0.05) is 12.1 Å². The number of ether oxygens (including phenoxy) is 1. The standard InChI is InChI=1S/C23H29N3O5S2/c1-4-25(5-2)22(27)18-8-6-7-9-20(18)24-33(29,30)17-10-11-21(32-3)19(16-17)23(28)26-12-14-31-15-13-26/h6-11,16,24H,4-5,12-15H2,1-3H3. The van der Waals surface area contributed by atoms with Gasteiger partial charge in [-0.3, -0.25) is 14.3 Å². The molecule has 1 saturated heterocycles. The number of hydrogen-bond donors (Lipinski definition) is 1. The second kappa shape index (κ2) is 11.0. The third-order valence-electron chi connectivity index (χ3n) is 5.46. The number of morpholine rings is 1. The summed E-state index contributed by atoms with van der Waals surface area (Å²) in [6.07, 6.45) is 1.84. The first-order valence-electron chi connectivity index (χ1n) is 10.8. The molecule has 1 aliphatic heterocycles. The summed E-state index contributed by atoms with van der Waals surface area (Å²) in [7, 11) is -4.05. The summed E-state index contributed by atoms with van der Waals surface area (Å²) in [6, 6.07) is 11.0. The summed E-state index contributed by atoms with van der Waals surface area (Å²) in [6.45, 7) is 6.60. The van der Waals surface area contributed by atoms with E-state index in [-0.39, 0.29) is 28.0 Å². The molecule has 1 N–H and O–H groups in total. The summed E-state index contributed by atoms with van der Waals surface area (Å²) in [5, 5.41) is 0. The summed E-state index contributed by atoms with van der Waals surface area (Å²) >= 11 is 1.38. The number of thioether (sulfide) groups is 1. The Kier molecular flexibility index (Phi) is 8.39. The molecule has 10 heteroatoms. The van der Waals surface area contributed by atoms with E-state index < -0.39 is 10.0 Å². The lowest BCUT2D eigenvalue weighted by molar-refractivity contribution is 0.0300. The average molecular weight is 492 g/mol. The van der Waals surface area contributed by atoms with Gasteiger partial charge in [-0.2, -0.15) is 0 Å². The lowest BCUT2D eigenvalue weighted by Crippen LogP contribution is -2.41.